The molecule has 1 heterocycles. The van der Waals surface area contributed by atoms with E-state index in [4.69, 9.17) is 0 Å². The van der Waals surface area contributed by atoms with Crippen LogP contribution in [0.5, 0.6) is 0 Å². The molecule has 0 radical (unpaired) electrons. The van der Waals surface area contributed by atoms with E-state index in [2.05, 4.69) is 97.7 Å². The summed E-state index contributed by atoms with van der Waals surface area (Å²) in [7, 11) is 0. The molecule has 0 amide bonds. The van der Waals surface area contributed by atoms with Crippen LogP contribution in [0, 0.1) is 31.7 Å². The zero-order chi connectivity index (χ0) is 26.9. The zero-order valence-corrected chi connectivity index (χ0v) is 25.2. The number of aliphatic hydroxyl groups excluding tert-OH is 1. The fraction of sp³-hybridized carbons (Fsp3) is 0.235. The fourth-order valence-electron chi connectivity index (χ4n) is 3.72. The van der Waals surface area contributed by atoms with E-state index in [9.17, 15) is 9.90 Å². The van der Waals surface area contributed by atoms with Crippen LogP contribution in [0.1, 0.15) is 38.8 Å². The monoisotopic (exact) mass is 685 g/mol. The molecule has 0 aliphatic carbocycles. The SMILES string of the molecule is CC(C)C(=O)/C=C(\O)C(C)C.Cc1[c-]c(-c2ccc(-c3ccc(-c4ccccc4)cc3)cn2)cc(C)c1.[Pt]. The minimum atomic E-state index is -0.0316. The molecule has 0 fully saturated rings. The molecule has 4 rings (SSSR count). The Morgan fingerprint density at radius 3 is 1.84 bits per heavy atom. The quantitative estimate of drug-likeness (QED) is 0.125. The van der Waals surface area contributed by atoms with Crippen LogP contribution in [0.15, 0.2) is 96.9 Å². The first-order chi connectivity index (χ1) is 17.6. The molecule has 4 heteroatoms. The average Bonchev–Trinajstić information content (AvgIpc) is 2.89. The van der Waals surface area contributed by atoms with Gasteiger partial charge in [-0.15, -0.1) is 34.9 Å². The maximum absolute atomic E-state index is 11.0. The van der Waals surface area contributed by atoms with Gasteiger partial charge in [-0.25, -0.2) is 0 Å². The number of ketones is 1. The van der Waals surface area contributed by atoms with Crippen LogP contribution in [-0.2, 0) is 25.9 Å². The standard InChI is InChI=1S/C25H20N.C9H16O2.Pt/c1-18-14-19(2)16-24(15-18)25-13-12-23(17-26-25)22-10-8-21(9-11-22)20-6-4-3-5-7-20;1-6(2)8(10)5-9(11)7(3)4;/h3-15,17H,1-2H3;5-7,10H,1-4H3;/q-1;;/b;8-5-;. The second kappa shape index (κ2) is 14.6. The summed E-state index contributed by atoms with van der Waals surface area (Å²) in [6.07, 6.45) is 3.26. The first-order valence-corrected chi connectivity index (χ1v) is 12.7. The molecule has 0 spiro atoms. The normalized spacial score (nSPS) is 11.0. The van der Waals surface area contributed by atoms with Crippen molar-refractivity contribution in [2.75, 3.05) is 0 Å². The molecule has 3 aromatic carbocycles. The molecule has 0 saturated heterocycles. The molecular formula is C34H36NO2Pt-. The van der Waals surface area contributed by atoms with Crippen LogP contribution in [0.25, 0.3) is 33.5 Å². The Hall–Kier alpha value is -3.29. The summed E-state index contributed by atoms with van der Waals surface area (Å²) in [4.78, 5) is 15.7. The zero-order valence-electron chi connectivity index (χ0n) is 22.9. The number of aliphatic hydroxyl groups is 1. The number of nitrogens with zero attached hydrogens (tertiary/aromatic N) is 1. The van der Waals surface area contributed by atoms with Crippen molar-refractivity contribution < 1.29 is 31.0 Å². The van der Waals surface area contributed by atoms with Gasteiger partial charge in [-0.1, -0.05) is 108 Å². The van der Waals surface area contributed by atoms with Crippen molar-refractivity contribution in [3.8, 4) is 33.5 Å². The molecule has 1 aromatic heterocycles. The Balaban J connectivity index is 0.000000362. The Morgan fingerprint density at radius 1 is 0.789 bits per heavy atom. The van der Waals surface area contributed by atoms with Gasteiger partial charge in [-0.2, -0.15) is 0 Å². The van der Waals surface area contributed by atoms with Crippen molar-refractivity contribution in [2.45, 2.75) is 41.5 Å². The van der Waals surface area contributed by atoms with Crippen molar-refractivity contribution in [3.63, 3.8) is 0 Å². The van der Waals surface area contributed by atoms with Crippen LogP contribution >= 0.6 is 0 Å². The van der Waals surface area contributed by atoms with Crippen molar-refractivity contribution >= 4 is 5.78 Å². The van der Waals surface area contributed by atoms with E-state index in [0.29, 0.717) is 0 Å². The summed E-state index contributed by atoms with van der Waals surface area (Å²) in [5.41, 5.74) is 9.14. The van der Waals surface area contributed by atoms with Gasteiger partial charge in [0.1, 0.15) is 0 Å². The number of aromatic nitrogens is 1. The molecular weight excluding hydrogens is 649 g/mol. The minimum Gasteiger partial charge on any atom is -0.512 e. The molecule has 0 unspecified atom stereocenters. The van der Waals surface area contributed by atoms with E-state index in [1.807, 2.05) is 40.0 Å². The second-order valence-electron chi connectivity index (χ2n) is 9.91. The van der Waals surface area contributed by atoms with Gasteiger partial charge < -0.3 is 10.1 Å². The molecule has 0 aliphatic rings. The Bertz CT molecular complexity index is 1320. The third-order valence-corrected chi connectivity index (χ3v) is 5.96. The average molecular weight is 686 g/mol. The molecule has 4 aromatic rings. The molecule has 0 bridgehead atoms. The van der Waals surface area contributed by atoms with Gasteiger partial charge in [-0.05, 0) is 27.9 Å². The number of pyridine rings is 1. The molecule has 0 atom stereocenters. The third-order valence-electron chi connectivity index (χ3n) is 5.96. The van der Waals surface area contributed by atoms with E-state index in [0.717, 1.165) is 22.4 Å². The van der Waals surface area contributed by atoms with Crippen molar-refractivity contribution in [1.82, 2.24) is 4.98 Å². The maximum atomic E-state index is 11.0. The van der Waals surface area contributed by atoms with E-state index < -0.39 is 0 Å². The van der Waals surface area contributed by atoms with Gasteiger partial charge in [0, 0.05) is 45.2 Å². The summed E-state index contributed by atoms with van der Waals surface area (Å²) >= 11 is 0. The Labute approximate surface area is 241 Å². The summed E-state index contributed by atoms with van der Waals surface area (Å²) in [5.74, 6) is 0.161. The van der Waals surface area contributed by atoms with Crippen molar-refractivity contribution in [1.29, 1.82) is 0 Å². The first-order valence-electron chi connectivity index (χ1n) is 12.7. The number of aryl methyl sites for hydroxylation is 2. The maximum Gasteiger partial charge on any atom is 0.161 e. The van der Waals surface area contributed by atoms with Gasteiger partial charge in [0.25, 0.3) is 0 Å². The summed E-state index contributed by atoms with van der Waals surface area (Å²) in [6, 6.07) is 30.9. The van der Waals surface area contributed by atoms with Gasteiger partial charge in [0.15, 0.2) is 5.78 Å². The smallest absolute Gasteiger partial charge is 0.161 e. The molecule has 3 nitrogen and oxygen atoms in total. The molecule has 0 saturated carbocycles. The van der Waals surface area contributed by atoms with Gasteiger partial charge >= 0.3 is 0 Å². The topological polar surface area (TPSA) is 50.2 Å². The van der Waals surface area contributed by atoms with Crippen LogP contribution in [0.2, 0.25) is 0 Å². The molecule has 38 heavy (non-hydrogen) atoms. The van der Waals surface area contributed by atoms with Crippen molar-refractivity contribution in [2.24, 2.45) is 11.8 Å². The predicted molar refractivity (Wildman–Crippen MR) is 154 cm³/mol. The Kier molecular flexibility index (Phi) is 11.9. The number of benzene rings is 3. The fourth-order valence-corrected chi connectivity index (χ4v) is 3.72. The van der Waals surface area contributed by atoms with E-state index in [-0.39, 0.29) is 44.4 Å². The molecule has 200 valence electrons. The number of rotatable bonds is 6. The number of allylic oxidation sites excluding steroid dienone is 2. The molecule has 1 N–H and O–H groups in total. The summed E-state index contributed by atoms with van der Waals surface area (Å²) in [6.45, 7) is 11.5. The number of hydrogen-bond donors (Lipinski definition) is 1. The van der Waals surface area contributed by atoms with E-state index in [1.54, 1.807) is 0 Å². The summed E-state index contributed by atoms with van der Waals surface area (Å²) in [5, 5.41) is 9.19. The van der Waals surface area contributed by atoms with Gasteiger partial charge in [0.2, 0.25) is 0 Å². The van der Waals surface area contributed by atoms with Gasteiger partial charge in [0.05, 0.1) is 5.76 Å². The number of carbonyl (C=O) groups is 1. The van der Waals surface area contributed by atoms with Crippen LogP contribution in [0.4, 0.5) is 0 Å². The minimum absolute atomic E-state index is 0. The van der Waals surface area contributed by atoms with Crippen molar-refractivity contribution in [3.05, 3.63) is 114 Å². The van der Waals surface area contributed by atoms with Gasteiger partial charge in [-0.3, -0.25) is 4.79 Å². The predicted octanol–water partition coefficient (Wildman–Crippen LogP) is 8.81. The van der Waals surface area contributed by atoms with E-state index >= 15 is 0 Å². The summed E-state index contributed by atoms with van der Waals surface area (Å²) < 4.78 is 0. The third kappa shape index (κ3) is 8.92. The van der Waals surface area contributed by atoms with E-state index in [1.165, 1.54) is 28.3 Å². The number of carbonyl (C=O) groups excluding carboxylic acids is 1. The van der Waals surface area contributed by atoms with Crippen LogP contribution in [-0.4, -0.2) is 15.9 Å². The largest absolute Gasteiger partial charge is 0.512 e. The first kappa shape index (κ1) is 30.9. The van der Waals surface area contributed by atoms with Crippen LogP contribution in [0.3, 0.4) is 0 Å². The van der Waals surface area contributed by atoms with Crippen LogP contribution < -0.4 is 0 Å². The number of hydrogen-bond acceptors (Lipinski definition) is 3. The second-order valence-corrected chi connectivity index (χ2v) is 9.91. The Morgan fingerprint density at radius 2 is 1.34 bits per heavy atom. The molecule has 0 aliphatic heterocycles.